The molecule has 5 nitrogen and oxygen atoms in total. The van der Waals surface area contributed by atoms with Gasteiger partial charge in [0.1, 0.15) is 5.75 Å². The Morgan fingerprint density at radius 3 is 2.77 bits per heavy atom. The highest BCUT2D eigenvalue weighted by molar-refractivity contribution is 5.94. The minimum absolute atomic E-state index is 0.161. The number of anilines is 1. The second-order valence-electron chi connectivity index (χ2n) is 5.26. The summed E-state index contributed by atoms with van der Waals surface area (Å²) in [5.41, 5.74) is 2.29. The monoisotopic (exact) mass is 299 g/mol. The fourth-order valence-electron chi connectivity index (χ4n) is 2.10. The molecule has 22 heavy (non-hydrogen) atoms. The van der Waals surface area contributed by atoms with Crippen molar-refractivity contribution in [2.45, 2.75) is 26.4 Å². The summed E-state index contributed by atoms with van der Waals surface area (Å²) in [5.74, 6) is 0.599. The summed E-state index contributed by atoms with van der Waals surface area (Å²) in [7, 11) is 1.62. The number of aromatic nitrogens is 1. The molecule has 0 radical (unpaired) electrons. The second-order valence-corrected chi connectivity index (χ2v) is 5.26. The molecule has 0 aliphatic rings. The van der Waals surface area contributed by atoms with Gasteiger partial charge in [-0.3, -0.25) is 9.78 Å². The zero-order valence-corrected chi connectivity index (χ0v) is 13.1. The van der Waals surface area contributed by atoms with Crippen molar-refractivity contribution in [2.24, 2.45) is 0 Å². The number of benzene rings is 1. The highest BCUT2D eigenvalue weighted by atomic mass is 16.5. The first-order valence-electron chi connectivity index (χ1n) is 7.22. The van der Waals surface area contributed by atoms with Crippen LogP contribution >= 0.6 is 0 Å². The summed E-state index contributed by atoms with van der Waals surface area (Å²) in [5, 5.41) is 6.11. The summed E-state index contributed by atoms with van der Waals surface area (Å²) in [6.45, 7) is 4.48. The van der Waals surface area contributed by atoms with Crippen molar-refractivity contribution in [3.63, 3.8) is 0 Å². The minimum Gasteiger partial charge on any atom is -0.496 e. The molecule has 2 aromatic rings. The van der Waals surface area contributed by atoms with Gasteiger partial charge in [-0.2, -0.15) is 0 Å². The molecule has 0 atom stereocenters. The summed E-state index contributed by atoms with van der Waals surface area (Å²) in [6.07, 6.45) is 3.26. The van der Waals surface area contributed by atoms with E-state index in [1.54, 1.807) is 25.6 Å². The normalized spacial score (nSPS) is 10.4. The van der Waals surface area contributed by atoms with E-state index in [0.29, 0.717) is 12.1 Å². The lowest BCUT2D eigenvalue weighted by Crippen LogP contribution is -2.23. The second kappa shape index (κ2) is 7.45. The molecule has 0 aliphatic carbocycles. The van der Waals surface area contributed by atoms with E-state index in [1.807, 2.05) is 38.1 Å². The summed E-state index contributed by atoms with van der Waals surface area (Å²) in [4.78, 5) is 16.3. The maximum absolute atomic E-state index is 12.2. The van der Waals surface area contributed by atoms with Crippen LogP contribution in [0.25, 0.3) is 0 Å². The van der Waals surface area contributed by atoms with Crippen molar-refractivity contribution >= 4 is 11.6 Å². The van der Waals surface area contributed by atoms with Crippen molar-refractivity contribution in [1.82, 2.24) is 10.3 Å². The van der Waals surface area contributed by atoms with Crippen molar-refractivity contribution < 1.29 is 9.53 Å². The molecule has 2 rings (SSSR count). The number of rotatable bonds is 6. The Balaban J connectivity index is 2.03. The van der Waals surface area contributed by atoms with Crippen LogP contribution in [0.15, 0.2) is 42.7 Å². The van der Waals surface area contributed by atoms with Gasteiger partial charge in [0.15, 0.2) is 0 Å². The number of nitrogens with one attached hydrogen (secondary N) is 2. The highest BCUT2D eigenvalue weighted by Crippen LogP contribution is 2.17. The molecule has 1 heterocycles. The molecule has 116 valence electrons. The molecule has 0 aliphatic heterocycles. The lowest BCUT2D eigenvalue weighted by atomic mass is 10.2. The van der Waals surface area contributed by atoms with Gasteiger partial charge in [-0.05, 0) is 26.0 Å². The third-order valence-electron chi connectivity index (χ3n) is 3.09. The van der Waals surface area contributed by atoms with Crippen LogP contribution in [0.4, 0.5) is 5.69 Å². The van der Waals surface area contributed by atoms with E-state index in [-0.39, 0.29) is 11.9 Å². The molecule has 0 fully saturated rings. The van der Waals surface area contributed by atoms with Crippen molar-refractivity contribution in [3.8, 4) is 5.75 Å². The zero-order chi connectivity index (χ0) is 15.9. The highest BCUT2D eigenvalue weighted by Gasteiger charge is 2.09. The SMILES string of the molecule is COc1ccccc1CNC(=O)c1cncc(NC(C)C)c1. The van der Waals surface area contributed by atoms with E-state index >= 15 is 0 Å². The lowest BCUT2D eigenvalue weighted by molar-refractivity contribution is 0.0950. The van der Waals surface area contributed by atoms with Gasteiger partial charge in [0.05, 0.1) is 18.4 Å². The Morgan fingerprint density at radius 1 is 1.27 bits per heavy atom. The van der Waals surface area contributed by atoms with Crippen molar-refractivity contribution in [1.29, 1.82) is 0 Å². The number of methoxy groups -OCH3 is 1. The Bertz CT molecular complexity index is 641. The predicted octanol–water partition coefficient (Wildman–Crippen LogP) is 2.84. The van der Waals surface area contributed by atoms with Gasteiger partial charge >= 0.3 is 0 Å². The third-order valence-corrected chi connectivity index (χ3v) is 3.09. The van der Waals surface area contributed by atoms with Crippen molar-refractivity contribution in [3.05, 3.63) is 53.9 Å². The maximum Gasteiger partial charge on any atom is 0.253 e. The van der Waals surface area contributed by atoms with Crippen LogP contribution in [0.2, 0.25) is 0 Å². The standard InChI is InChI=1S/C17H21N3O2/c1-12(2)20-15-8-14(9-18-11-15)17(21)19-10-13-6-4-5-7-16(13)22-3/h4-9,11-12,20H,10H2,1-3H3,(H,19,21). The zero-order valence-electron chi connectivity index (χ0n) is 13.1. The van der Waals surface area contributed by atoms with Gasteiger partial charge < -0.3 is 15.4 Å². The summed E-state index contributed by atoms with van der Waals surface area (Å²) >= 11 is 0. The van der Waals surface area contributed by atoms with E-state index in [0.717, 1.165) is 17.0 Å². The molecule has 5 heteroatoms. The smallest absolute Gasteiger partial charge is 0.253 e. The van der Waals surface area contributed by atoms with Crippen molar-refractivity contribution in [2.75, 3.05) is 12.4 Å². The fraction of sp³-hybridized carbons (Fsp3) is 0.294. The average Bonchev–Trinajstić information content (AvgIpc) is 2.52. The maximum atomic E-state index is 12.2. The first-order chi connectivity index (χ1) is 10.6. The third kappa shape index (κ3) is 4.22. The van der Waals surface area contributed by atoms with E-state index in [1.165, 1.54) is 0 Å². The first kappa shape index (κ1) is 15.8. The molecule has 0 unspecified atom stereocenters. The number of ether oxygens (including phenoxy) is 1. The molecule has 0 saturated heterocycles. The van der Waals surface area contributed by atoms with Crippen LogP contribution < -0.4 is 15.4 Å². The summed E-state index contributed by atoms with van der Waals surface area (Å²) < 4.78 is 5.27. The lowest BCUT2D eigenvalue weighted by Gasteiger charge is -2.12. The Kier molecular flexibility index (Phi) is 5.36. The largest absolute Gasteiger partial charge is 0.496 e. The predicted molar refractivity (Wildman–Crippen MR) is 87.2 cm³/mol. The van der Waals surface area contributed by atoms with E-state index < -0.39 is 0 Å². The number of para-hydroxylation sites is 1. The van der Waals surface area contributed by atoms with Crippen LogP contribution in [0.3, 0.4) is 0 Å². The molecular weight excluding hydrogens is 278 g/mol. The van der Waals surface area contributed by atoms with Crippen LogP contribution in [0.5, 0.6) is 5.75 Å². The van der Waals surface area contributed by atoms with Gasteiger partial charge in [-0.25, -0.2) is 0 Å². The fourth-order valence-corrected chi connectivity index (χ4v) is 2.10. The van der Waals surface area contributed by atoms with Crippen LogP contribution in [0, 0.1) is 0 Å². The van der Waals surface area contributed by atoms with Crippen LogP contribution in [0.1, 0.15) is 29.8 Å². The average molecular weight is 299 g/mol. The first-order valence-corrected chi connectivity index (χ1v) is 7.22. The van der Waals surface area contributed by atoms with E-state index in [2.05, 4.69) is 15.6 Å². The van der Waals surface area contributed by atoms with E-state index in [9.17, 15) is 4.79 Å². The molecule has 1 aromatic carbocycles. The number of carbonyl (C=O) groups excluding carboxylic acids is 1. The summed E-state index contributed by atoms with van der Waals surface area (Å²) in [6, 6.07) is 9.69. The van der Waals surface area contributed by atoms with E-state index in [4.69, 9.17) is 4.74 Å². The molecule has 0 spiro atoms. The minimum atomic E-state index is -0.161. The number of pyridine rings is 1. The number of hydrogen-bond acceptors (Lipinski definition) is 4. The topological polar surface area (TPSA) is 63.2 Å². The van der Waals surface area contributed by atoms with Gasteiger partial charge in [0.25, 0.3) is 5.91 Å². The Hall–Kier alpha value is -2.56. The van der Waals surface area contributed by atoms with Gasteiger partial charge in [-0.1, -0.05) is 18.2 Å². The number of amides is 1. The van der Waals surface area contributed by atoms with Crippen LogP contribution in [-0.4, -0.2) is 24.0 Å². The molecule has 1 aromatic heterocycles. The van der Waals surface area contributed by atoms with Gasteiger partial charge in [-0.15, -0.1) is 0 Å². The molecule has 1 amide bonds. The van der Waals surface area contributed by atoms with Crippen LogP contribution in [-0.2, 0) is 6.54 Å². The molecule has 0 bridgehead atoms. The molecule has 0 saturated carbocycles. The van der Waals surface area contributed by atoms with Gasteiger partial charge in [0, 0.05) is 30.5 Å². The number of nitrogens with zero attached hydrogens (tertiary/aromatic N) is 1. The quantitative estimate of drug-likeness (QED) is 0.861. The Morgan fingerprint density at radius 2 is 2.05 bits per heavy atom. The number of hydrogen-bond donors (Lipinski definition) is 2. The molecule has 2 N–H and O–H groups in total. The number of carbonyl (C=O) groups is 1. The molecular formula is C17H21N3O2. The van der Waals surface area contributed by atoms with Gasteiger partial charge in [0.2, 0.25) is 0 Å². The Labute approximate surface area is 130 Å².